The number of hydrogen-bond acceptors (Lipinski definition) is 6. The van der Waals surface area contributed by atoms with Crippen LogP contribution in [0.5, 0.6) is 0 Å². The summed E-state index contributed by atoms with van der Waals surface area (Å²) in [5, 5.41) is 5.08. The summed E-state index contributed by atoms with van der Waals surface area (Å²) in [6, 6.07) is 14.1. The first kappa shape index (κ1) is 19.7. The van der Waals surface area contributed by atoms with Crippen molar-refractivity contribution in [1.82, 2.24) is 19.3 Å². The third-order valence-corrected chi connectivity index (χ3v) is 5.66. The molecule has 1 saturated heterocycles. The average molecular weight is 439 g/mol. The molecule has 1 aliphatic heterocycles. The molecule has 0 radical (unpaired) electrons. The van der Waals surface area contributed by atoms with E-state index in [0.717, 1.165) is 18.4 Å². The Bertz CT molecular complexity index is 1350. The van der Waals surface area contributed by atoms with Gasteiger partial charge in [-0.3, -0.25) is 13.9 Å². The topological polar surface area (TPSA) is 92.2 Å². The zero-order chi connectivity index (χ0) is 21.4. The molecule has 4 aromatic rings. The van der Waals surface area contributed by atoms with Gasteiger partial charge in [0.25, 0.3) is 5.56 Å². The smallest absolute Gasteiger partial charge is 0.332 e. The minimum atomic E-state index is -0.426. The Balaban J connectivity index is 1.55. The molecule has 2 aromatic heterocycles. The Morgan fingerprint density at radius 2 is 1.87 bits per heavy atom. The van der Waals surface area contributed by atoms with E-state index >= 15 is 0 Å². The number of benzene rings is 2. The Hall–Kier alpha value is -3.23. The molecule has 0 N–H and O–H groups in total. The summed E-state index contributed by atoms with van der Waals surface area (Å²) in [5.74, 6) is 0.663. The monoisotopic (exact) mass is 438 g/mol. The van der Waals surface area contributed by atoms with Crippen LogP contribution in [0.4, 0.5) is 0 Å². The number of halogens is 1. The van der Waals surface area contributed by atoms with Crippen LogP contribution in [0, 0.1) is 0 Å². The Morgan fingerprint density at radius 3 is 2.65 bits per heavy atom. The maximum Gasteiger partial charge on any atom is 0.332 e. The van der Waals surface area contributed by atoms with Gasteiger partial charge in [-0.05, 0) is 49.2 Å². The van der Waals surface area contributed by atoms with Crippen molar-refractivity contribution in [3.8, 4) is 11.4 Å². The maximum atomic E-state index is 13.3. The van der Waals surface area contributed by atoms with E-state index in [1.807, 2.05) is 0 Å². The predicted octanol–water partition coefficient (Wildman–Crippen LogP) is 3.09. The molecule has 0 bridgehead atoms. The first-order valence-electron chi connectivity index (χ1n) is 10.0. The van der Waals surface area contributed by atoms with Gasteiger partial charge in [-0.1, -0.05) is 28.9 Å². The Morgan fingerprint density at radius 1 is 1.06 bits per heavy atom. The Kier molecular flexibility index (Phi) is 5.17. The van der Waals surface area contributed by atoms with Gasteiger partial charge in [-0.15, -0.1) is 0 Å². The van der Waals surface area contributed by atoms with Gasteiger partial charge in [-0.25, -0.2) is 4.79 Å². The minimum Gasteiger partial charge on any atom is -0.376 e. The molecule has 0 amide bonds. The highest BCUT2D eigenvalue weighted by Gasteiger charge is 2.21. The van der Waals surface area contributed by atoms with E-state index in [-0.39, 0.29) is 30.6 Å². The molecule has 0 saturated carbocycles. The van der Waals surface area contributed by atoms with Crippen LogP contribution < -0.4 is 11.2 Å². The number of para-hydroxylation sites is 1. The number of rotatable bonds is 5. The quantitative estimate of drug-likeness (QED) is 0.475. The molecule has 9 heteroatoms. The van der Waals surface area contributed by atoms with Gasteiger partial charge in [0.1, 0.15) is 6.54 Å². The lowest BCUT2D eigenvalue weighted by atomic mass is 10.2. The van der Waals surface area contributed by atoms with Crippen molar-refractivity contribution in [3.05, 3.63) is 80.3 Å². The summed E-state index contributed by atoms with van der Waals surface area (Å²) in [6.07, 6.45) is 1.61. The molecule has 8 nitrogen and oxygen atoms in total. The van der Waals surface area contributed by atoms with Crippen molar-refractivity contribution in [3.63, 3.8) is 0 Å². The molecule has 0 aliphatic carbocycles. The van der Waals surface area contributed by atoms with Gasteiger partial charge >= 0.3 is 5.69 Å². The van der Waals surface area contributed by atoms with Crippen molar-refractivity contribution in [2.75, 3.05) is 6.61 Å². The third kappa shape index (κ3) is 3.80. The van der Waals surface area contributed by atoms with Crippen LogP contribution in [0.15, 0.2) is 62.6 Å². The molecule has 3 heterocycles. The molecule has 31 heavy (non-hydrogen) atoms. The fraction of sp³-hybridized carbons (Fsp3) is 0.273. The molecule has 1 fully saturated rings. The van der Waals surface area contributed by atoms with Crippen LogP contribution in [0.1, 0.15) is 18.7 Å². The second-order valence-corrected chi connectivity index (χ2v) is 7.89. The van der Waals surface area contributed by atoms with E-state index in [0.29, 0.717) is 28.4 Å². The van der Waals surface area contributed by atoms with Crippen molar-refractivity contribution in [2.45, 2.75) is 32.0 Å². The molecular weight excluding hydrogens is 420 g/mol. The molecular formula is C22H19ClN4O4. The lowest BCUT2D eigenvalue weighted by Gasteiger charge is -2.15. The van der Waals surface area contributed by atoms with Gasteiger partial charge < -0.3 is 9.26 Å². The van der Waals surface area contributed by atoms with Gasteiger partial charge in [0.2, 0.25) is 11.7 Å². The zero-order valence-electron chi connectivity index (χ0n) is 16.5. The number of aromatic nitrogens is 4. The average Bonchev–Trinajstić information content (AvgIpc) is 3.47. The van der Waals surface area contributed by atoms with Crippen molar-refractivity contribution < 1.29 is 9.26 Å². The number of hydrogen-bond donors (Lipinski definition) is 0. The maximum absolute atomic E-state index is 13.3. The van der Waals surface area contributed by atoms with Gasteiger partial charge in [0.05, 0.1) is 23.6 Å². The fourth-order valence-electron chi connectivity index (χ4n) is 3.85. The number of nitrogens with zero attached hydrogens (tertiary/aromatic N) is 4. The lowest BCUT2D eigenvalue weighted by Crippen LogP contribution is -2.42. The largest absolute Gasteiger partial charge is 0.376 e. The third-order valence-electron chi connectivity index (χ3n) is 5.41. The molecule has 1 atom stereocenters. The SMILES string of the molecule is O=c1c2ccccc2n(Cc2nc(-c3ccc(Cl)cc3)no2)c(=O)n1CC1CCCO1. The van der Waals surface area contributed by atoms with Crippen molar-refractivity contribution >= 4 is 22.5 Å². The summed E-state index contributed by atoms with van der Waals surface area (Å²) in [5.41, 5.74) is 0.525. The van der Waals surface area contributed by atoms with E-state index in [1.54, 1.807) is 48.5 Å². The van der Waals surface area contributed by atoms with Crippen molar-refractivity contribution in [2.24, 2.45) is 0 Å². The predicted molar refractivity (Wildman–Crippen MR) is 115 cm³/mol. The zero-order valence-corrected chi connectivity index (χ0v) is 17.3. The highest BCUT2D eigenvalue weighted by atomic mass is 35.5. The first-order chi connectivity index (χ1) is 15.1. The normalized spacial score (nSPS) is 16.2. The van der Waals surface area contributed by atoms with Crippen molar-refractivity contribution in [1.29, 1.82) is 0 Å². The molecule has 158 valence electrons. The second kappa shape index (κ2) is 8.13. The molecule has 2 aromatic carbocycles. The van der Waals surface area contributed by atoms with E-state index in [1.165, 1.54) is 9.13 Å². The Labute approximate surface area is 181 Å². The lowest BCUT2D eigenvalue weighted by molar-refractivity contribution is 0.0948. The molecule has 5 rings (SSSR count). The van der Waals surface area contributed by atoms with E-state index in [4.69, 9.17) is 20.9 Å². The van der Waals surface area contributed by atoms with Crippen LogP contribution in [-0.2, 0) is 17.8 Å². The first-order valence-corrected chi connectivity index (χ1v) is 10.4. The summed E-state index contributed by atoms with van der Waals surface area (Å²) in [4.78, 5) is 30.7. The van der Waals surface area contributed by atoms with Crippen LogP contribution in [0.25, 0.3) is 22.3 Å². The summed E-state index contributed by atoms with van der Waals surface area (Å²) in [6.45, 7) is 0.921. The van der Waals surface area contributed by atoms with E-state index in [2.05, 4.69) is 10.1 Å². The number of ether oxygens (including phenoxy) is 1. The van der Waals surface area contributed by atoms with Crippen LogP contribution in [-0.4, -0.2) is 32.0 Å². The van der Waals surface area contributed by atoms with Gasteiger partial charge in [0.15, 0.2) is 0 Å². The highest BCUT2D eigenvalue weighted by Crippen LogP contribution is 2.19. The minimum absolute atomic E-state index is 0.0474. The van der Waals surface area contributed by atoms with Crippen LogP contribution >= 0.6 is 11.6 Å². The molecule has 0 spiro atoms. The summed E-state index contributed by atoms with van der Waals surface area (Å²) >= 11 is 5.93. The molecule has 1 aliphatic rings. The highest BCUT2D eigenvalue weighted by molar-refractivity contribution is 6.30. The standard InChI is InChI=1S/C22H19ClN4O4/c23-15-9-7-14(8-10-15)20-24-19(31-25-20)13-26-18-6-2-1-5-17(18)21(28)27(22(26)29)12-16-4-3-11-30-16/h1-2,5-10,16H,3-4,11-13H2. The summed E-state index contributed by atoms with van der Waals surface area (Å²) < 4.78 is 13.8. The summed E-state index contributed by atoms with van der Waals surface area (Å²) in [7, 11) is 0. The van der Waals surface area contributed by atoms with Crippen LogP contribution in [0.2, 0.25) is 5.02 Å². The molecule has 1 unspecified atom stereocenters. The van der Waals surface area contributed by atoms with Gasteiger partial charge in [0, 0.05) is 17.2 Å². The van der Waals surface area contributed by atoms with Crippen LogP contribution in [0.3, 0.4) is 0 Å². The van der Waals surface area contributed by atoms with E-state index < -0.39 is 5.69 Å². The number of fused-ring (bicyclic) bond motifs is 1. The van der Waals surface area contributed by atoms with E-state index in [9.17, 15) is 9.59 Å². The van der Waals surface area contributed by atoms with Gasteiger partial charge in [-0.2, -0.15) is 4.98 Å². The fourth-order valence-corrected chi connectivity index (χ4v) is 3.97. The second-order valence-electron chi connectivity index (χ2n) is 7.46.